The van der Waals surface area contributed by atoms with E-state index < -0.39 is 0 Å². The highest BCUT2D eigenvalue weighted by Crippen LogP contribution is 2.37. The van der Waals surface area contributed by atoms with Gasteiger partial charge in [-0.15, -0.1) is 0 Å². The summed E-state index contributed by atoms with van der Waals surface area (Å²) in [6, 6.07) is 14.4. The molecular formula is C24H29NO3. The molecule has 1 aliphatic carbocycles. The summed E-state index contributed by atoms with van der Waals surface area (Å²) in [5.41, 5.74) is 3.61. The molecule has 2 aliphatic rings. The van der Waals surface area contributed by atoms with Crippen molar-refractivity contribution >= 4 is 5.91 Å². The molecule has 2 aromatic rings. The van der Waals surface area contributed by atoms with Gasteiger partial charge in [-0.25, -0.2) is 0 Å². The Hall–Kier alpha value is -2.49. The minimum atomic E-state index is 0.202. The molecule has 1 saturated heterocycles. The van der Waals surface area contributed by atoms with Crippen LogP contribution in [-0.2, 0) is 11.3 Å². The zero-order chi connectivity index (χ0) is 19.5. The Labute approximate surface area is 167 Å². The summed E-state index contributed by atoms with van der Waals surface area (Å²) < 4.78 is 11.7. The highest BCUT2D eigenvalue weighted by molar-refractivity contribution is 5.80. The Morgan fingerprint density at radius 3 is 2.61 bits per heavy atom. The number of nitrogens with zero attached hydrogens (tertiary/aromatic N) is 1. The normalized spacial score (nSPS) is 20.0. The van der Waals surface area contributed by atoms with E-state index in [1.807, 2.05) is 23.1 Å². The van der Waals surface area contributed by atoms with Crippen molar-refractivity contribution < 1.29 is 14.3 Å². The predicted molar refractivity (Wildman–Crippen MR) is 110 cm³/mol. The van der Waals surface area contributed by atoms with Gasteiger partial charge >= 0.3 is 0 Å². The standard InChI is InChI=1S/C24H29NO3/c1-17-7-3-4-8-19(17)15-25-16-20(14-24(25)26)18-11-12-22(27-2)23(13-18)28-21-9-5-6-10-21/h3-4,7-8,11-13,20-21H,5-6,9-10,14-16H2,1-2H3. The van der Waals surface area contributed by atoms with Crippen LogP contribution in [0.5, 0.6) is 11.5 Å². The molecule has 2 fully saturated rings. The molecule has 0 spiro atoms. The van der Waals surface area contributed by atoms with Crippen molar-refractivity contribution in [1.82, 2.24) is 4.90 Å². The van der Waals surface area contributed by atoms with E-state index in [0.29, 0.717) is 13.0 Å². The Morgan fingerprint density at radius 2 is 1.86 bits per heavy atom. The first-order valence-corrected chi connectivity index (χ1v) is 10.3. The van der Waals surface area contributed by atoms with E-state index in [1.165, 1.54) is 24.0 Å². The lowest BCUT2D eigenvalue weighted by molar-refractivity contribution is -0.128. The minimum absolute atomic E-state index is 0.202. The van der Waals surface area contributed by atoms with Crippen LogP contribution in [0.1, 0.15) is 54.7 Å². The second-order valence-corrected chi connectivity index (χ2v) is 8.04. The van der Waals surface area contributed by atoms with Gasteiger partial charge in [0.05, 0.1) is 13.2 Å². The molecule has 0 bridgehead atoms. The average molecular weight is 380 g/mol. The Bertz CT molecular complexity index is 841. The number of carbonyl (C=O) groups excluding carboxylic acids is 1. The largest absolute Gasteiger partial charge is 0.493 e. The number of methoxy groups -OCH3 is 1. The van der Waals surface area contributed by atoms with Crippen LogP contribution in [0.4, 0.5) is 0 Å². The van der Waals surface area contributed by atoms with Gasteiger partial charge in [-0.05, 0) is 61.4 Å². The summed E-state index contributed by atoms with van der Waals surface area (Å²) in [6.45, 7) is 3.54. The molecule has 148 valence electrons. The SMILES string of the molecule is COc1ccc(C2CC(=O)N(Cc3ccccc3C)C2)cc1OC1CCCC1. The monoisotopic (exact) mass is 379 g/mol. The van der Waals surface area contributed by atoms with Crippen LogP contribution in [0.2, 0.25) is 0 Å². The smallest absolute Gasteiger partial charge is 0.223 e. The number of likely N-dealkylation sites (tertiary alicyclic amines) is 1. The third kappa shape index (κ3) is 4.01. The molecule has 4 rings (SSSR count). The number of carbonyl (C=O) groups is 1. The molecule has 28 heavy (non-hydrogen) atoms. The summed E-state index contributed by atoms with van der Waals surface area (Å²) in [7, 11) is 1.68. The highest BCUT2D eigenvalue weighted by Gasteiger charge is 2.31. The zero-order valence-electron chi connectivity index (χ0n) is 16.8. The van der Waals surface area contributed by atoms with Crippen molar-refractivity contribution in [2.75, 3.05) is 13.7 Å². The van der Waals surface area contributed by atoms with Gasteiger partial charge in [0.25, 0.3) is 0 Å². The van der Waals surface area contributed by atoms with E-state index in [1.54, 1.807) is 7.11 Å². The molecule has 1 saturated carbocycles. The van der Waals surface area contributed by atoms with E-state index in [0.717, 1.165) is 36.4 Å². The maximum absolute atomic E-state index is 12.6. The van der Waals surface area contributed by atoms with E-state index >= 15 is 0 Å². The quantitative estimate of drug-likeness (QED) is 0.721. The van der Waals surface area contributed by atoms with Gasteiger partial charge in [-0.1, -0.05) is 30.3 Å². The fourth-order valence-electron chi connectivity index (χ4n) is 4.37. The van der Waals surface area contributed by atoms with Crippen molar-refractivity contribution in [2.24, 2.45) is 0 Å². The first-order chi connectivity index (χ1) is 13.6. The topological polar surface area (TPSA) is 38.8 Å². The van der Waals surface area contributed by atoms with Crippen LogP contribution in [0.25, 0.3) is 0 Å². The van der Waals surface area contributed by atoms with Crippen molar-refractivity contribution in [3.63, 3.8) is 0 Å². The molecule has 4 heteroatoms. The van der Waals surface area contributed by atoms with Crippen LogP contribution >= 0.6 is 0 Å². The number of hydrogen-bond acceptors (Lipinski definition) is 3. The Kier molecular flexibility index (Phi) is 5.56. The van der Waals surface area contributed by atoms with E-state index in [-0.39, 0.29) is 17.9 Å². The van der Waals surface area contributed by atoms with Crippen LogP contribution in [-0.4, -0.2) is 30.6 Å². The average Bonchev–Trinajstić information content (AvgIpc) is 3.34. The molecular weight excluding hydrogens is 350 g/mol. The maximum Gasteiger partial charge on any atom is 0.223 e. The minimum Gasteiger partial charge on any atom is -0.493 e. The molecule has 1 atom stereocenters. The van der Waals surface area contributed by atoms with Gasteiger partial charge in [0.15, 0.2) is 11.5 Å². The molecule has 4 nitrogen and oxygen atoms in total. The van der Waals surface area contributed by atoms with E-state index in [4.69, 9.17) is 9.47 Å². The van der Waals surface area contributed by atoms with Gasteiger partial charge in [0, 0.05) is 25.4 Å². The lowest BCUT2D eigenvalue weighted by atomic mass is 9.98. The highest BCUT2D eigenvalue weighted by atomic mass is 16.5. The first kappa shape index (κ1) is 18.9. The molecule has 1 heterocycles. The van der Waals surface area contributed by atoms with Crippen LogP contribution < -0.4 is 9.47 Å². The van der Waals surface area contributed by atoms with Gasteiger partial charge in [0.2, 0.25) is 5.91 Å². The van der Waals surface area contributed by atoms with Crippen molar-refractivity contribution in [1.29, 1.82) is 0 Å². The number of aryl methyl sites for hydroxylation is 1. The van der Waals surface area contributed by atoms with Gasteiger partial charge < -0.3 is 14.4 Å². The molecule has 1 amide bonds. The summed E-state index contributed by atoms with van der Waals surface area (Å²) in [5, 5.41) is 0. The van der Waals surface area contributed by atoms with Crippen molar-refractivity contribution in [3.05, 3.63) is 59.2 Å². The predicted octanol–water partition coefficient (Wildman–Crippen LogP) is 4.84. The molecule has 0 aromatic heterocycles. The summed E-state index contributed by atoms with van der Waals surface area (Å²) in [6.07, 6.45) is 5.53. The molecule has 1 unspecified atom stereocenters. The van der Waals surface area contributed by atoms with Crippen LogP contribution in [0, 0.1) is 6.92 Å². The zero-order valence-corrected chi connectivity index (χ0v) is 16.8. The summed E-state index contributed by atoms with van der Waals surface area (Å²) in [4.78, 5) is 14.6. The third-order valence-corrected chi connectivity index (χ3v) is 6.09. The van der Waals surface area contributed by atoms with Crippen molar-refractivity contribution in [2.45, 2.75) is 57.6 Å². The van der Waals surface area contributed by atoms with Crippen LogP contribution in [0.15, 0.2) is 42.5 Å². The summed E-state index contributed by atoms with van der Waals surface area (Å²) >= 11 is 0. The fourth-order valence-corrected chi connectivity index (χ4v) is 4.37. The summed E-state index contributed by atoms with van der Waals surface area (Å²) in [5.74, 6) is 2.02. The van der Waals surface area contributed by atoms with E-state index in [9.17, 15) is 4.79 Å². The first-order valence-electron chi connectivity index (χ1n) is 10.3. The molecule has 1 aliphatic heterocycles. The molecule has 0 radical (unpaired) electrons. The van der Waals surface area contributed by atoms with Crippen molar-refractivity contribution in [3.8, 4) is 11.5 Å². The Morgan fingerprint density at radius 1 is 1.07 bits per heavy atom. The number of rotatable bonds is 6. The van der Waals surface area contributed by atoms with Gasteiger partial charge in [-0.2, -0.15) is 0 Å². The molecule has 2 aromatic carbocycles. The molecule has 0 N–H and O–H groups in total. The lowest BCUT2D eigenvalue weighted by Gasteiger charge is -2.20. The second kappa shape index (κ2) is 8.26. The lowest BCUT2D eigenvalue weighted by Crippen LogP contribution is -2.24. The number of ether oxygens (including phenoxy) is 2. The third-order valence-electron chi connectivity index (χ3n) is 6.09. The maximum atomic E-state index is 12.6. The Balaban J connectivity index is 1.49. The number of amides is 1. The van der Waals surface area contributed by atoms with Crippen LogP contribution in [0.3, 0.4) is 0 Å². The van der Waals surface area contributed by atoms with Gasteiger partial charge in [0.1, 0.15) is 0 Å². The second-order valence-electron chi connectivity index (χ2n) is 8.04. The fraction of sp³-hybridized carbons (Fsp3) is 0.458. The van der Waals surface area contributed by atoms with Gasteiger partial charge in [-0.3, -0.25) is 4.79 Å². The number of benzene rings is 2. The van der Waals surface area contributed by atoms with E-state index in [2.05, 4.69) is 31.2 Å². The number of hydrogen-bond donors (Lipinski definition) is 0.